The number of carbonyl (C=O) groups excluding carboxylic acids is 3. The number of anilines is 2. The fraction of sp³-hybridized carbons (Fsp3) is 0.450. The van der Waals surface area contributed by atoms with Crippen molar-refractivity contribution in [1.29, 1.82) is 0 Å². The van der Waals surface area contributed by atoms with Crippen LogP contribution in [0.3, 0.4) is 0 Å². The predicted molar refractivity (Wildman–Crippen MR) is 98.0 cm³/mol. The molecule has 4 atom stereocenters. The first-order valence-corrected chi connectivity index (χ1v) is 9.33. The molecule has 2 saturated heterocycles. The Kier molecular flexibility index (Phi) is 3.46. The molecule has 1 aromatic rings. The molecule has 5 rings (SSSR count). The molecule has 3 aliphatic heterocycles. The standard InChI is InChI=1S/C20H21N3O4/c1-11(24)21-12-4-6-14(7-5-12)23-10-20-9-8-15(27-20)16(17(20)19(23)26)18(25)22-13-2-3-13/h4-9,13,15-17H,2-3,10H2,1H3,(H,21,24)(H,22,25)/t15-,16-,17+,20-/m0/s1. The number of carbonyl (C=O) groups is 3. The number of amides is 3. The monoisotopic (exact) mass is 367 g/mol. The summed E-state index contributed by atoms with van der Waals surface area (Å²) in [5.74, 6) is -1.25. The summed E-state index contributed by atoms with van der Waals surface area (Å²) in [6.45, 7) is 1.85. The summed E-state index contributed by atoms with van der Waals surface area (Å²) in [4.78, 5) is 38.8. The van der Waals surface area contributed by atoms with E-state index in [-0.39, 0.29) is 29.9 Å². The van der Waals surface area contributed by atoms with Gasteiger partial charge in [0, 0.05) is 24.3 Å². The van der Waals surface area contributed by atoms with Gasteiger partial charge in [-0.3, -0.25) is 14.4 Å². The van der Waals surface area contributed by atoms with Crippen LogP contribution < -0.4 is 15.5 Å². The molecule has 3 heterocycles. The van der Waals surface area contributed by atoms with Crippen LogP contribution in [0.15, 0.2) is 36.4 Å². The Morgan fingerprint density at radius 2 is 1.96 bits per heavy atom. The van der Waals surface area contributed by atoms with Gasteiger partial charge in [-0.1, -0.05) is 12.2 Å². The number of ether oxygens (including phenoxy) is 1. The number of fused-ring (bicyclic) bond motifs is 1. The van der Waals surface area contributed by atoms with Crippen LogP contribution in [0.4, 0.5) is 11.4 Å². The first kappa shape index (κ1) is 16.5. The van der Waals surface area contributed by atoms with E-state index in [1.807, 2.05) is 12.2 Å². The summed E-state index contributed by atoms with van der Waals surface area (Å²) >= 11 is 0. The lowest BCUT2D eigenvalue weighted by Gasteiger charge is -2.23. The van der Waals surface area contributed by atoms with Crippen LogP contribution in [0, 0.1) is 11.8 Å². The van der Waals surface area contributed by atoms with E-state index in [9.17, 15) is 14.4 Å². The van der Waals surface area contributed by atoms with E-state index in [0.29, 0.717) is 12.2 Å². The normalized spacial score (nSPS) is 33.3. The lowest BCUT2D eigenvalue weighted by Crippen LogP contribution is -2.44. The number of rotatable bonds is 4. The molecule has 140 valence electrons. The van der Waals surface area contributed by atoms with Crippen LogP contribution >= 0.6 is 0 Å². The Labute approximate surface area is 156 Å². The Hall–Kier alpha value is -2.67. The van der Waals surface area contributed by atoms with Gasteiger partial charge in [-0.25, -0.2) is 0 Å². The maximum atomic E-state index is 13.2. The summed E-state index contributed by atoms with van der Waals surface area (Å²) in [6.07, 6.45) is 5.58. The van der Waals surface area contributed by atoms with Gasteiger partial charge < -0.3 is 20.3 Å². The Morgan fingerprint density at radius 3 is 2.63 bits per heavy atom. The van der Waals surface area contributed by atoms with Crippen molar-refractivity contribution in [1.82, 2.24) is 5.32 Å². The van der Waals surface area contributed by atoms with Gasteiger partial charge in [0.15, 0.2) is 0 Å². The Bertz CT molecular complexity index is 860. The predicted octanol–water partition coefficient (Wildman–Crippen LogP) is 1.21. The largest absolute Gasteiger partial charge is 0.360 e. The highest BCUT2D eigenvalue weighted by Gasteiger charge is 2.67. The summed E-state index contributed by atoms with van der Waals surface area (Å²) < 4.78 is 6.13. The first-order chi connectivity index (χ1) is 13.0. The third-order valence-electron chi connectivity index (χ3n) is 5.83. The van der Waals surface area contributed by atoms with Crippen molar-refractivity contribution in [2.24, 2.45) is 11.8 Å². The molecule has 1 aromatic carbocycles. The van der Waals surface area contributed by atoms with Crippen LogP contribution in [0.5, 0.6) is 0 Å². The van der Waals surface area contributed by atoms with Crippen LogP contribution in [0.2, 0.25) is 0 Å². The van der Waals surface area contributed by atoms with Crippen molar-refractivity contribution >= 4 is 29.1 Å². The minimum Gasteiger partial charge on any atom is -0.360 e. The van der Waals surface area contributed by atoms with E-state index in [1.54, 1.807) is 29.2 Å². The van der Waals surface area contributed by atoms with Crippen molar-refractivity contribution < 1.29 is 19.1 Å². The highest BCUT2D eigenvalue weighted by molar-refractivity contribution is 6.03. The zero-order chi connectivity index (χ0) is 18.8. The Balaban J connectivity index is 1.40. The topological polar surface area (TPSA) is 87.7 Å². The highest BCUT2D eigenvalue weighted by atomic mass is 16.5. The van der Waals surface area contributed by atoms with E-state index in [1.165, 1.54) is 6.92 Å². The van der Waals surface area contributed by atoms with Crippen molar-refractivity contribution in [2.45, 2.75) is 37.5 Å². The van der Waals surface area contributed by atoms with E-state index < -0.39 is 17.4 Å². The van der Waals surface area contributed by atoms with Crippen LogP contribution in [0.1, 0.15) is 19.8 Å². The molecule has 0 aromatic heterocycles. The maximum Gasteiger partial charge on any atom is 0.234 e. The molecule has 2 bridgehead atoms. The summed E-state index contributed by atoms with van der Waals surface area (Å²) in [5.41, 5.74) is 0.693. The van der Waals surface area contributed by atoms with E-state index in [4.69, 9.17) is 4.74 Å². The molecule has 3 amide bonds. The average Bonchev–Trinajstić information content (AvgIpc) is 3.16. The SMILES string of the molecule is CC(=O)Nc1ccc(N2C[C@]34C=C[C@H](O3)[C@H](C(=O)NC3CC3)[C@@H]4C2=O)cc1. The van der Waals surface area contributed by atoms with Gasteiger partial charge in [-0.2, -0.15) is 0 Å². The van der Waals surface area contributed by atoms with Gasteiger partial charge in [-0.15, -0.1) is 0 Å². The third-order valence-corrected chi connectivity index (χ3v) is 5.83. The number of nitrogens with zero attached hydrogens (tertiary/aromatic N) is 1. The van der Waals surface area contributed by atoms with Crippen molar-refractivity contribution in [3.63, 3.8) is 0 Å². The van der Waals surface area contributed by atoms with Crippen molar-refractivity contribution in [3.05, 3.63) is 36.4 Å². The molecular weight excluding hydrogens is 346 g/mol. The van der Waals surface area contributed by atoms with E-state index in [0.717, 1.165) is 18.5 Å². The number of nitrogens with one attached hydrogen (secondary N) is 2. The number of benzene rings is 1. The van der Waals surface area contributed by atoms with Gasteiger partial charge >= 0.3 is 0 Å². The molecule has 1 aliphatic carbocycles. The van der Waals surface area contributed by atoms with Crippen LogP contribution in [-0.2, 0) is 19.1 Å². The zero-order valence-corrected chi connectivity index (χ0v) is 15.0. The molecule has 0 unspecified atom stereocenters. The molecule has 3 fully saturated rings. The quantitative estimate of drug-likeness (QED) is 0.783. The molecular formula is C20H21N3O4. The molecule has 7 nitrogen and oxygen atoms in total. The van der Waals surface area contributed by atoms with Crippen LogP contribution in [-0.4, -0.2) is 42.0 Å². The minimum atomic E-state index is -0.719. The van der Waals surface area contributed by atoms with Crippen molar-refractivity contribution in [3.8, 4) is 0 Å². The smallest absolute Gasteiger partial charge is 0.234 e. The molecule has 2 N–H and O–H groups in total. The maximum absolute atomic E-state index is 13.2. The van der Waals surface area contributed by atoms with Gasteiger partial charge in [0.1, 0.15) is 5.60 Å². The third kappa shape index (κ3) is 2.56. The highest BCUT2D eigenvalue weighted by Crippen LogP contribution is 2.52. The van der Waals surface area contributed by atoms with Gasteiger partial charge in [0.05, 0.1) is 24.5 Å². The number of hydrogen-bond acceptors (Lipinski definition) is 4. The van der Waals surface area contributed by atoms with Crippen molar-refractivity contribution in [2.75, 3.05) is 16.8 Å². The average molecular weight is 367 g/mol. The molecule has 4 aliphatic rings. The van der Waals surface area contributed by atoms with Gasteiger partial charge in [0.2, 0.25) is 17.7 Å². The molecule has 27 heavy (non-hydrogen) atoms. The molecule has 1 saturated carbocycles. The zero-order valence-electron chi connectivity index (χ0n) is 15.0. The van der Waals surface area contributed by atoms with Gasteiger partial charge in [-0.05, 0) is 37.1 Å². The number of hydrogen-bond donors (Lipinski definition) is 2. The minimum absolute atomic E-state index is 0.0741. The fourth-order valence-corrected chi connectivity index (χ4v) is 4.47. The first-order valence-electron chi connectivity index (χ1n) is 9.33. The summed E-state index contributed by atoms with van der Waals surface area (Å²) in [5, 5.41) is 5.74. The Morgan fingerprint density at radius 1 is 1.22 bits per heavy atom. The summed E-state index contributed by atoms with van der Waals surface area (Å²) in [6, 6.07) is 7.39. The van der Waals surface area contributed by atoms with E-state index in [2.05, 4.69) is 10.6 Å². The van der Waals surface area contributed by atoms with Crippen LogP contribution in [0.25, 0.3) is 0 Å². The summed E-state index contributed by atoms with van der Waals surface area (Å²) in [7, 11) is 0. The lowest BCUT2D eigenvalue weighted by atomic mass is 9.77. The second-order valence-corrected chi connectivity index (χ2v) is 7.84. The lowest BCUT2D eigenvalue weighted by molar-refractivity contribution is -0.132. The molecule has 0 radical (unpaired) electrons. The fourth-order valence-electron chi connectivity index (χ4n) is 4.47. The van der Waals surface area contributed by atoms with Gasteiger partial charge in [0.25, 0.3) is 0 Å². The van der Waals surface area contributed by atoms with E-state index >= 15 is 0 Å². The second-order valence-electron chi connectivity index (χ2n) is 7.84. The molecule has 7 heteroatoms. The second kappa shape index (κ2) is 5.66. The molecule has 1 spiro atoms.